The number of guanidine groups is 1. The number of aromatic nitrogens is 4. The minimum absolute atomic E-state index is 0.0131. The van der Waals surface area contributed by atoms with Crippen molar-refractivity contribution < 1.29 is 9.26 Å². The zero-order valence-electron chi connectivity index (χ0n) is 17.3. The van der Waals surface area contributed by atoms with Crippen molar-refractivity contribution in [1.82, 2.24) is 30.1 Å². The Bertz CT molecular complexity index is 768. The average Bonchev–Trinajstić information content (AvgIpc) is 3.33. The van der Waals surface area contributed by atoms with Gasteiger partial charge in [-0.3, -0.25) is 9.67 Å². The topological polar surface area (TPSA) is 93.6 Å². The molecule has 0 aromatic carbocycles. The summed E-state index contributed by atoms with van der Waals surface area (Å²) in [6.07, 6.45) is 5.50. The van der Waals surface area contributed by atoms with E-state index in [0.717, 1.165) is 49.8 Å². The van der Waals surface area contributed by atoms with Crippen molar-refractivity contribution in [2.45, 2.75) is 45.6 Å². The molecule has 9 heteroatoms. The second kappa shape index (κ2) is 9.68. The summed E-state index contributed by atoms with van der Waals surface area (Å²) in [4.78, 5) is 11.5. The van der Waals surface area contributed by atoms with Crippen LogP contribution in [-0.2, 0) is 18.2 Å². The van der Waals surface area contributed by atoms with Crippen LogP contribution in [0.5, 0.6) is 0 Å². The molecule has 0 aliphatic carbocycles. The molecule has 2 aromatic heterocycles. The molecule has 0 spiro atoms. The Kier molecular flexibility index (Phi) is 7.02. The highest BCUT2D eigenvalue weighted by molar-refractivity contribution is 5.80. The van der Waals surface area contributed by atoms with E-state index in [1.807, 2.05) is 19.4 Å². The molecule has 1 fully saturated rings. The average molecular weight is 390 g/mol. The van der Waals surface area contributed by atoms with Crippen LogP contribution >= 0.6 is 0 Å². The van der Waals surface area contributed by atoms with Crippen molar-refractivity contribution in [1.29, 1.82) is 0 Å². The molecule has 1 aliphatic rings. The fraction of sp³-hybridized carbons (Fsp3) is 0.684. The normalized spacial score (nSPS) is 18.1. The van der Waals surface area contributed by atoms with E-state index in [-0.39, 0.29) is 12.0 Å². The van der Waals surface area contributed by atoms with Crippen LogP contribution in [0.4, 0.5) is 0 Å². The first-order chi connectivity index (χ1) is 13.6. The summed E-state index contributed by atoms with van der Waals surface area (Å²) in [6.45, 7) is 9.99. The van der Waals surface area contributed by atoms with Gasteiger partial charge < -0.3 is 19.5 Å². The van der Waals surface area contributed by atoms with Crippen LogP contribution in [0, 0.1) is 0 Å². The molecule has 0 saturated carbocycles. The quantitative estimate of drug-likeness (QED) is 0.439. The minimum atomic E-state index is 0.0131. The van der Waals surface area contributed by atoms with Gasteiger partial charge in [0.2, 0.25) is 5.89 Å². The summed E-state index contributed by atoms with van der Waals surface area (Å²) < 4.78 is 13.0. The largest absolute Gasteiger partial charge is 0.370 e. The van der Waals surface area contributed by atoms with Gasteiger partial charge in [-0.05, 0) is 13.3 Å². The number of morpholine rings is 1. The van der Waals surface area contributed by atoms with Crippen molar-refractivity contribution in [3.63, 3.8) is 0 Å². The van der Waals surface area contributed by atoms with E-state index < -0.39 is 0 Å². The zero-order chi connectivity index (χ0) is 19.9. The first-order valence-electron chi connectivity index (χ1n) is 10.0. The summed E-state index contributed by atoms with van der Waals surface area (Å²) in [6, 6.07) is 0. The Morgan fingerprint density at radius 1 is 1.43 bits per heavy atom. The second-order valence-corrected chi connectivity index (χ2v) is 7.29. The molecule has 2 aromatic rings. The van der Waals surface area contributed by atoms with E-state index in [2.05, 4.69) is 46.2 Å². The summed E-state index contributed by atoms with van der Waals surface area (Å²) in [5.74, 6) is 2.66. The van der Waals surface area contributed by atoms with Crippen molar-refractivity contribution in [3.8, 4) is 0 Å². The highest BCUT2D eigenvalue weighted by Crippen LogP contribution is 2.21. The summed E-state index contributed by atoms with van der Waals surface area (Å²) in [5, 5.41) is 11.7. The minimum Gasteiger partial charge on any atom is -0.370 e. The van der Waals surface area contributed by atoms with E-state index in [4.69, 9.17) is 14.3 Å². The van der Waals surface area contributed by atoms with Gasteiger partial charge in [0.15, 0.2) is 11.8 Å². The lowest BCUT2D eigenvalue weighted by atomic mass is 10.1. The number of hydrogen-bond acceptors (Lipinski definition) is 6. The summed E-state index contributed by atoms with van der Waals surface area (Å²) in [5.41, 5.74) is 1.10. The third kappa shape index (κ3) is 5.31. The van der Waals surface area contributed by atoms with E-state index in [9.17, 15) is 0 Å². The Hall–Kier alpha value is -2.42. The Balaban J connectivity index is 1.55. The number of hydrogen-bond donors (Lipinski definition) is 1. The van der Waals surface area contributed by atoms with Gasteiger partial charge in [-0.25, -0.2) is 0 Å². The van der Waals surface area contributed by atoms with Crippen LogP contribution < -0.4 is 5.32 Å². The van der Waals surface area contributed by atoms with Gasteiger partial charge in [0.05, 0.1) is 19.3 Å². The molecule has 1 unspecified atom stereocenters. The molecule has 1 aliphatic heterocycles. The van der Waals surface area contributed by atoms with Crippen LogP contribution in [0.1, 0.15) is 56.5 Å². The van der Waals surface area contributed by atoms with Gasteiger partial charge in [0.25, 0.3) is 0 Å². The number of aliphatic imine (C=N–C) groups is 1. The molecule has 1 atom stereocenters. The molecule has 28 heavy (non-hydrogen) atoms. The Labute approximate surface area is 166 Å². The number of rotatable bonds is 7. The van der Waals surface area contributed by atoms with Crippen molar-refractivity contribution in [3.05, 3.63) is 29.7 Å². The smallest absolute Gasteiger partial charge is 0.226 e. The fourth-order valence-electron chi connectivity index (χ4n) is 3.09. The highest BCUT2D eigenvalue weighted by atomic mass is 16.5. The standard InChI is InChI=1S/C19H31N7O2/c1-5-20-19(21-8-6-7-17-23-18(14(2)3)24-28-17)26-9-10-27-16(13-26)15-11-22-25(4)12-15/h11-12,14,16H,5-10,13H2,1-4H3,(H,20,21). The lowest BCUT2D eigenvalue weighted by molar-refractivity contribution is -0.00804. The van der Waals surface area contributed by atoms with Crippen molar-refractivity contribution in [2.75, 3.05) is 32.8 Å². The number of nitrogens with one attached hydrogen (secondary N) is 1. The first-order valence-corrected chi connectivity index (χ1v) is 10.0. The fourth-order valence-corrected chi connectivity index (χ4v) is 3.09. The van der Waals surface area contributed by atoms with Crippen molar-refractivity contribution >= 4 is 5.96 Å². The molecule has 3 rings (SSSR count). The first kappa shape index (κ1) is 20.3. The van der Waals surface area contributed by atoms with Crippen LogP contribution in [0.15, 0.2) is 21.9 Å². The lowest BCUT2D eigenvalue weighted by Crippen LogP contribution is -2.48. The predicted molar refractivity (Wildman–Crippen MR) is 106 cm³/mol. The second-order valence-electron chi connectivity index (χ2n) is 7.29. The Morgan fingerprint density at radius 2 is 2.29 bits per heavy atom. The zero-order valence-corrected chi connectivity index (χ0v) is 17.3. The molecule has 1 saturated heterocycles. The van der Waals surface area contributed by atoms with Crippen molar-refractivity contribution in [2.24, 2.45) is 12.0 Å². The van der Waals surface area contributed by atoms with E-state index >= 15 is 0 Å². The van der Waals surface area contributed by atoms with Gasteiger partial charge >= 0.3 is 0 Å². The van der Waals surface area contributed by atoms with E-state index in [1.165, 1.54) is 0 Å². The van der Waals surface area contributed by atoms with E-state index in [0.29, 0.717) is 19.0 Å². The maximum Gasteiger partial charge on any atom is 0.226 e. The molecule has 1 N–H and O–H groups in total. The molecular formula is C19H31N7O2. The summed E-state index contributed by atoms with van der Waals surface area (Å²) in [7, 11) is 1.92. The maximum absolute atomic E-state index is 5.94. The Morgan fingerprint density at radius 3 is 2.96 bits per heavy atom. The molecule has 3 heterocycles. The highest BCUT2D eigenvalue weighted by Gasteiger charge is 2.25. The predicted octanol–water partition coefficient (Wildman–Crippen LogP) is 1.90. The molecule has 154 valence electrons. The number of nitrogens with zero attached hydrogens (tertiary/aromatic N) is 6. The molecule has 0 bridgehead atoms. The molecule has 0 amide bonds. The third-order valence-corrected chi connectivity index (χ3v) is 4.61. The molecule has 9 nitrogen and oxygen atoms in total. The van der Waals surface area contributed by atoms with Gasteiger partial charge in [0.1, 0.15) is 6.10 Å². The van der Waals surface area contributed by atoms with Gasteiger partial charge in [0, 0.05) is 50.8 Å². The summed E-state index contributed by atoms with van der Waals surface area (Å²) >= 11 is 0. The number of aryl methyl sites for hydroxylation is 2. The lowest BCUT2D eigenvalue weighted by Gasteiger charge is -2.34. The van der Waals surface area contributed by atoms with Crippen LogP contribution in [0.25, 0.3) is 0 Å². The van der Waals surface area contributed by atoms with Gasteiger partial charge in [-0.1, -0.05) is 19.0 Å². The van der Waals surface area contributed by atoms with E-state index in [1.54, 1.807) is 4.68 Å². The molecular weight excluding hydrogens is 358 g/mol. The van der Waals surface area contributed by atoms with Crippen LogP contribution in [0.2, 0.25) is 0 Å². The third-order valence-electron chi connectivity index (χ3n) is 4.61. The van der Waals surface area contributed by atoms with Crippen LogP contribution in [-0.4, -0.2) is 63.6 Å². The van der Waals surface area contributed by atoms with Crippen LogP contribution in [0.3, 0.4) is 0 Å². The number of ether oxygens (including phenoxy) is 1. The monoisotopic (exact) mass is 389 g/mol. The SMILES string of the molecule is CCNC(=NCCCc1nc(C(C)C)no1)N1CCOC(c2cnn(C)c2)C1. The molecule has 0 radical (unpaired) electrons. The van der Waals surface area contributed by atoms with Gasteiger partial charge in [-0.2, -0.15) is 10.1 Å². The van der Waals surface area contributed by atoms with Gasteiger partial charge in [-0.15, -0.1) is 0 Å². The maximum atomic E-state index is 5.94.